The van der Waals surface area contributed by atoms with Crippen LogP contribution in [0.25, 0.3) is 0 Å². The van der Waals surface area contributed by atoms with Gasteiger partial charge in [0.05, 0.1) is 0 Å². The fourth-order valence-electron chi connectivity index (χ4n) is 5.09. The van der Waals surface area contributed by atoms with Crippen molar-refractivity contribution in [3.63, 3.8) is 0 Å². The molecule has 0 saturated heterocycles. The number of rotatable bonds is 1. The third-order valence-corrected chi connectivity index (χ3v) is 5.96. The molecule has 0 aromatic rings. The van der Waals surface area contributed by atoms with E-state index < -0.39 is 0 Å². The van der Waals surface area contributed by atoms with Gasteiger partial charge in [0.1, 0.15) is 0 Å². The zero-order valence-corrected chi connectivity index (χ0v) is 10.0. The van der Waals surface area contributed by atoms with Crippen LogP contribution in [0.4, 0.5) is 0 Å². The average Bonchev–Trinajstić information content (AvgIpc) is 2.84. The molecule has 5 atom stereocenters. The fourth-order valence-corrected chi connectivity index (χ4v) is 5.09. The molecule has 0 aromatic heterocycles. The van der Waals surface area contributed by atoms with E-state index in [-0.39, 0.29) is 0 Å². The molecule has 0 amide bonds. The molecule has 1 spiro atoms. The Labute approximate surface area is 93.8 Å². The van der Waals surface area contributed by atoms with Crippen LogP contribution in [0.2, 0.25) is 0 Å². The van der Waals surface area contributed by atoms with Gasteiger partial charge >= 0.3 is 0 Å². The van der Waals surface area contributed by atoms with E-state index in [1.54, 1.807) is 0 Å². The first kappa shape index (κ1) is 10.1. The first-order valence-electron chi connectivity index (χ1n) is 7.02. The van der Waals surface area contributed by atoms with Crippen molar-refractivity contribution in [3.05, 3.63) is 0 Å². The zero-order valence-electron chi connectivity index (χ0n) is 10.0. The zero-order chi connectivity index (χ0) is 10.5. The van der Waals surface area contributed by atoms with Crippen molar-refractivity contribution >= 4 is 0 Å². The summed E-state index contributed by atoms with van der Waals surface area (Å²) in [7, 11) is 0. The van der Waals surface area contributed by atoms with Crippen molar-refractivity contribution in [3.8, 4) is 0 Å². The fraction of sp³-hybridized carbons (Fsp3) is 1.00. The second-order valence-corrected chi connectivity index (χ2v) is 6.40. The molecule has 0 aliphatic heterocycles. The number of fused-ring (bicyclic) bond motifs is 3. The van der Waals surface area contributed by atoms with Gasteiger partial charge in [-0.15, -0.1) is 0 Å². The lowest BCUT2D eigenvalue weighted by Gasteiger charge is -2.47. The van der Waals surface area contributed by atoms with Gasteiger partial charge in [-0.05, 0) is 55.3 Å². The Morgan fingerprint density at radius 3 is 2.80 bits per heavy atom. The number of nitrogens with two attached hydrogens (primary N) is 1. The molecule has 2 N–H and O–H groups in total. The summed E-state index contributed by atoms with van der Waals surface area (Å²) in [6.07, 6.45) is 11.6. The minimum Gasteiger partial charge on any atom is -0.327 e. The summed E-state index contributed by atoms with van der Waals surface area (Å²) in [4.78, 5) is 0. The predicted octanol–water partition coefficient (Wildman–Crippen LogP) is 3.33. The van der Waals surface area contributed by atoms with E-state index in [0.717, 1.165) is 17.8 Å². The molecular weight excluding hydrogens is 182 g/mol. The van der Waals surface area contributed by atoms with Gasteiger partial charge < -0.3 is 5.73 Å². The predicted molar refractivity (Wildman–Crippen MR) is 63.5 cm³/mol. The second-order valence-electron chi connectivity index (χ2n) is 6.40. The van der Waals surface area contributed by atoms with Crippen LogP contribution in [0.5, 0.6) is 0 Å². The maximum atomic E-state index is 6.55. The highest BCUT2D eigenvalue weighted by Gasteiger charge is 2.57. The highest BCUT2D eigenvalue weighted by molar-refractivity contribution is 5.09. The van der Waals surface area contributed by atoms with E-state index in [9.17, 15) is 0 Å². The van der Waals surface area contributed by atoms with Gasteiger partial charge in [-0.3, -0.25) is 0 Å². The summed E-state index contributed by atoms with van der Waals surface area (Å²) in [5.74, 6) is 2.89. The van der Waals surface area contributed by atoms with Crippen LogP contribution in [-0.4, -0.2) is 6.04 Å². The van der Waals surface area contributed by atoms with Crippen molar-refractivity contribution in [2.75, 3.05) is 0 Å². The van der Waals surface area contributed by atoms with E-state index in [1.807, 2.05) is 0 Å². The quantitative estimate of drug-likeness (QED) is 0.701. The lowest BCUT2D eigenvalue weighted by atomic mass is 9.59. The van der Waals surface area contributed by atoms with Gasteiger partial charge in [0.15, 0.2) is 0 Å². The Bertz CT molecular complexity index is 246. The molecule has 86 valence electrons. The van der Waals surface area contributed by atoms with E-state index in [4.69, 9.17) is 5.73 Å². The summed E-state index contributed by atoms with van der Waals surface area (Å²) in [5.41, 5.74) is 7.15. The first-order valence-corrected chi connectivity index (χ1v) is 7.02. The topological polar surface area (TPSA) is 26.0 Å². The van der Waals surface area contributed by atoms with Gasteiger partial charge in [0, 0.05) is 6.04 Å². The number of hydrogen-bond acceptors (Lipinski definition) is 1. The Kier molecular flexibility index (Phi) is 2.35. The summed E-state index contributed by atoms with van der Waals surface area (Å²) in [6, 6.07) is 0.561. The van der Waals surface area contributed by atoms with E-state index >= 15 is 0 Å². The van der Waals surface area contributed by atoms with Crippen LogP contribution in [0.3, 0.4) is 0 Å². The van der Waals surface area contributed by atoms with Gasteiger partial charge in [0.25, 0.3) is 0 Å². The van der Waals surface area contributed by atoms with Crippen molar-refractivity contribution < 1.29 is 0 Å². The minimum atomic E-state index is 0.561. The molecule has 0 aromatic carbocycles. The molecule has 3 aliphatic carbocycles. The van der Waals surface area contributed by atoms with Crippen LogP contribution in [0, 0.1) is 23.2 Å². The van der Waals surface area contributed by atoms with Crippen molar-refractivity contribution in [2.24, 2.45) is 28.9 Å². The Morgan fingerprint density at radius 1 is 1.27 bits per heavy atom. The lowest BCUT2D eigenvalue weighted by molar-refractivity contribution is 0.0471. The van der Waals surface area contributed by atoms with Crippen LogP contribution in [0.15, 0.2) is 0 Å². The van der Waals surface area contributed by atoms with E-state index in [2.05, 4.69) is 6.92 Å². The Hall–Kier alpha value is -0.0400. The second kappa shape index (κ2) is 3.48. The normalized spacial score (nSPS) is 54.0. The maximum Gasteiger partial charge on any atom is 0.0127 e. The summed E-state index contributed by atoms with van der Waals surface area (Å²) in [5, 5.41) is 0. The van der Waals surface area contributed by atoms with E-state index in [1.165, 1.54) is 51.4 Å². The van der Waals surface area contributed by atoms with Gasteiger partial charge in [-0.1, -0.05) is 26.2 Å². The van der Waals surface area contributed by atoms with Crippen LogP contribution in [0.1, 0.15) is 58.3 Å². The molecule has 3 rings (SSSR count). The van der Waals surface area contributed by atoms with E-state index in [0.29, 0.717) is 11.5 Å². The molecule has 1 heteroatoms. The standard InChI is InChI=1S/C14H25N/c1-2-10-4-3-7-14(9-10)12-6-5-11(8-12)13(14)15/h10-13H,2-9,15H2,1H3/t10-,11-,12+,13+,14-/m1/s1. The third kappa shape index (κ3) is 1.32. The van der Waals surface area contributed by atoms with Gasteiger partial charge in [-0.25, -0.2) is 0 Å². The highest BCUT2D eigenvalue weighted by atomic mass is 14.8. The van der Waals surface area contributed by atoms with Crippen LogP contribution in [-0.2, 0) is 0 Å². The lowest BCUT2D eigenvalue weighted by Crippen LogP contribution is -2.48. The molecule has 2 bridgehead atoms. The minimum absolute atomic E-state index is 0.561. The molecule has 3 aliphatic rings. The molecular formula is C14H25N. The third-order valence-electron chi connectivity index (χ3n) is 5.96. The van der Waals surface area contributed by atoms with Crippen LogP contribution < -0.4 is 5.73 Å². The average molecular weight is 207 g/mol. The Balaban J connectivity index is 1.83. The summed E-state index contributed by atoms with van der Waals surface area (Å²) in [6.45, 7) is 2.36. The van der Waals surface area contributed by atoms with Gasteiger partial charge in [0.2, 0.25) is 0 Å². The van der Waals surface area contributed by atoms with Crippen LogP contribution >= 0.6 is 0 Å². The molecule has 3 saturated carbocycles. The SMILES string of the molecule is CC[C@@H]1CCC[C@@]2(C1)[C@H]1CC[C@H](C1)[C@@H]2N. The maximum absolute atomic E-state index is 6.55. The Morgan fingerprint density at radius 2 is 2.13 bits per heavy atom. The van der Waals surface area contributed by atoms with Gasteiger partial charge in [-0.2, -0.15) is 0 Å². The molecule has 0 unspecified atom stereocenters. The highest BCUT2D eigenvalue weighted by Crippen LogP contribution is 2.61. The number of hydrogen-bond donors (Lipinski definition) is 1. The molecule has 0 radical (unpaired) electrons. The molecule has 15 heavy (non-hydrogen) atoms. The molecule has 3 fully saturated rings. The summed E-state index contributed by atoms with van der Waals surface area (Å²) >= 11 is 0. The monoisotopic (exact) mass is 207 g/mol. The largest absolute Gasteiger partial charge is 0.327 e. The van der Waals surface area contributed by atoms with Crippen molar-refractivity contribution in [2.45, 2.75) is 64.3 Å². The van der Waals surface area contributed by atoms with Crippen molar-refractivity contribution in [1.82, 2.24) is 0 Å². The molecule has 1 nitrogen and oxygen atoms in total. The van der Waals surface area contributed by atoms with Crippen molar-refractivity contribution in [1.29, 1.82) is 0 Å². The summed E-state index contributed by atoms with van der Waals surface area (Å²) < 4.78 is 0. The smallest absolute Gasteiger partial charge is 0.0127 e. The molecule has 0 heterocycles. The first-order chi connectivity index (χ1) is 7.26.